The van der Waals surface area contributed by atoms with E-state index in [4.69, 9.17) is 32.5 Å². The largest absolute Gasteiger partial charge is 0.451 e. The topological polar surface area (TPSA) is 78.1 Å². The number of aromatic nitrogens is 3. The number of pyridine rings is 1. The minimum atomic E-state index is -0.626. The number of hydrogen-bond acceptors (Lipinski definition) is 6. The summed E-state index contributed by atoms with van der Waals surface area (Å²) in [6.45, 7) is -0.159. The van der Waals surface area contributed by atoms with Gasteiger partial charge in [0.25, 0.3) is 5.89 Å². The highest BCUT2D eigenvalue weighted by atomic mass is 35.5. The van der Waals surface area contributed by atoms with Crippen LogP contribution in [0.4, 0.5) is 0 Å². The van der Waals surface area contributed by atoms with Crippen molar-refractivity contribution in [3.05, 3.63) is 64.2 Å². The van der Waals surface area contributed by atoms with E-state index in [2.05, 4.69) is 15.1 Å². The van der Waals surface area contributed by atoms with E-state index < -0.39 is 5.97 Å². The van der Waals surface area contributed by atoms with E-state index in [9.17, 15) is 4.79 Å². The lowest BCUT2D eigenvalue weighted by molar-refractivity contribution is 0.0423. The van der Waals surface area contributed by atoms with Gasteiger partial charge in [0.05, 0.1) is 0 Å². The quantitative estimate of drug-likeness (QED) is 0.666. The summed E-state index contributed by atoms with van der Waals surface area (Å²) in [4.78, 5) is 19.9. The first-order valence-electron chi connectivity index (χ1n) is 6.49. The molecule has 116 valence electrons. The predicted molar refractivity (Wildman–Crippen MR) is 83.1 cm³/mol. The van der Waals surface area contributed by atoms with Gasteiger partial charge in [0, 0.05) is 21.8 Å². The second-order valence-electron chi connectivity index (χ2n) is 4.45. The minimum Gasteiger partial charge on any atom is -0.451 e. The van der Waals surface area contributed by atoms with Gasteiger partial charge in [-0.05, 0) is 36.4 Å². The third-order valence-corrected chi connectivity index (χ3v) is 3.32. The van der Waals surface area contributed by atoms with Crippen molar-refractivity contribution in [2.75, 3.05) is 0 Å². The molecule has 0 aliphatic carbocycles. The molecule has 0 aliphatic heterocycles. The lowest BCUT2D eigenvalue weighted by Crippen LogP contribution is -2.07. The SMILES string of the molecule is O=C(OCc1nc(-c2ccc(Cl)cc2)no1)c1cc(Cl)ccn1. The number of ether oxygens (including phenoxy) is 1. The monoisotopic (exact) mass is 349 g/mol. The van der Waals surface area contributed by atoms with Crippen molar-refractivity contribution in [3.63, 3.8) is 0 Å². The summed E-state index contributed by atoms with van der Waals surface area (Å²) in [6, 6.07) is 9.94. The van der Waals surface area contributed by atoms with Crippen molar-refractivity contribution in [1.29, 1.82) is 0 Å². The van der Waals surface area contributed by atoms with Crippen molar-refractivity contribution in [2.45, 2.75) is 6.61 Å². The number of carbonyl (C=O) groups is 1. The number of rotatable bonds is 4. The van der Waals surface area contributed by atoms with Gasteiger partial charge in [-0.2, -0.15) is 4.98 Å². The van der Waals surface area contributed by atoms with Gasteiger partial charge in [0.2, 0.25) is 5.82 Å². The Morgan fingerprint density at radius 1 is 1.13 bits per heavy atom. The van der Waals surface area contributed by atoms with Crippen LogP contribution in [-0.2, 0) is 11.3 Å². The Morgan fingerprint density at radius 2 is 1.91 bits per heavy atom. The number of benzene rings is 1. The van der Waals surface area contributed by atoms with Crippen molar-refractivity contribution in [3.8, 4) is 11.4 Å². The molecule has 0 radical (unpaired) electrons. The third-order valence-electron chi connectivity index (χ3n) is 2.83. The summed E-state index contributed by atoms with van der Waals surface area (Å²) in [5.41, 5.74) is 0.849. The number of hydrogen-bond donors (Lipinski definition) is 0. The maximum Gasteiger partial charge on any atom is 0.357 e. The molecule has 0 aliphatic rings. The van der Waals surface area contributed by atoms with Gasteiger partial charge in [0.1, 0.15) is 5.69 Å². The van der Waals surface area contributed by atoms with Crippen LogP contribution in [0.15, 0.2) is 47.1 Å². The summed E-state index contributed by atoms with van der Waals surface area (Å²) < 4.78 is 10.1. The molecule has 3 aromatic rings. The van der Waals surface area contributed by atoms with Crippen LogP contribution >= 0.6 is 23.2 Å². The van der Waals surface area contributed by atoms with Crippen LogP contribution in [0.25, 0.3) is 11.4 Å². The molecule has 2 aromatic heterocycles. The number of nitrogens with zero attached hydrogens (tertiary/aromatic N) is 3. The Kier molecular flexibility index (Phi) is 4.55. The summed E-state index contributed by atoms with van der Waals surface area (Å²) in [5.74, 6) is -0.0716. The fraction of sp³-hybridized carbons (Fsp3) is 0.0667. The first kappa shape index (κ1) is 15.5. The van der Waals surface area contributed by atoms with Crippen LogP contribution in [0.1, 0.15) is 16.4 Å². The zero-order chi connectivity index (χ0) is 16.2. The van der Waals surface area contributed by atoms with Gasteiger partial charge in [-0.15, -0.1) is 0 Å². The second kappa shape index (κ2) is 6.76. The van der Waals surface area contributed by atoms with Gasteiger partial charge in [-0.3, -0.25) is 0 Å². The smallest absolute Gasteiger partial charge is 0.357 e. The molecule has 2 heterocycles. The maximum absolute atomic E-state index is 11.8. The molecule has 0 spiro atoms. The molecule has 0 unspecified atom stereocenters. The highest BCUT2D eigenvalue weighted by Crippen LogP contribution is 2.19. The van der Waals surface area contributed by atoms with E-state index in [1.165, 1.54) is 12.3 Å². The Bertz CT molecular complexity index is 834. The lowest BCUT2D eigenvalue weighted by atomic mass is 10.2. The van der Waals surface area contributed by atoms with Crippen LogP contribution in [0.3, 0.4) is 0 Å². The molecule has 0 amide bonds. The van der Waals surface area contributed by atoms with Crippen LogP contribution in [0.5, 0.6) is 0 Å². The molecule has 0 atom stereocenters. The molecule has 0 bridgehead atoms. The highest BCUT2D eigenvalue weighted by Gasteiger charge is 2.13. The van der Waals surface area contributed by atoms with E-state index >= 15 is 0 Å². The molecular formula is C15H9Cl2N3O3. The molecule has 0 saturated heterocycles. The van der Waals surface area contributed by atoms with E-state index in [0.29, 0.717) is 15.9 Å². The molecule has 1 aromatic carbocycles. The molecule has 0 fully saturated rings. The number of esters is 1. The van der Waals surface area contributed by atoms with Crippen molar-refractivity contribution in [2.24, 2.45) is 0 Å². The van der Waals surface area contributed by atoms with Crippen LogP contribution in [0.2, 0.25) is 10.0 Å². The van der Waals surface area contributed by atoms with Gasteiger partial charge in [-0.25, -0.2) is 9.78 Å². The molecule has 8 heteroatoms. The van der Waals surface area contributed by atoms with E-state index in [0.717, 1.165) is 5.56 Å². The predicted octanol–water partition coefficient (Wildman–Crippen LogP) is 3.80. The van der Waals surface area contributed by atoms with Crippen LogP contribution < -0.4 is 0 Å². The summed E-state index contributed by atoms with van der Waals surface area (Å²) in [6.07, 6.45) is 1.42. The van der Waals surface area contributed by atoms with Gasteiger partial charge >= 0.3 is 5.97 Å². The maximum atomic E-state index is 11.8. The standard InChI is InChI=1S/C15H9Cl2N3O3/c16-10-3-1-9(2-4-10)14-19-13(23-20-14)8-22-15(21)12-7-11(17)5-6-18-12/h1-7H,8H2. The van der Waals surface area contributed by atoms with Crippen molar-refractivity contribution < 1.29 is 14.1 Å². The number of halogens is 2. The average Bonchev–Trinajstić information content (AvgIpc) is 3.02. The van der Waals surface area contributed by atoms with Crippen molar-refractivity contribution >= 4 is 29.2 Å². The first-order chi connectivity index (χ1) is 11.1. The van der Waals surface area contributed by atoms with Crippen LogP contribution in [0, 0.1) is 0 Å². The normalized spacial score (nSPS) is 10.5. The van der Waals surface area contributed by atoms with Gasteiger partial charge < -0.3 is 9.26 Å². The fourth-order valence-electron chi connectivity index (χ4n) is 1.75. The van der Waals surface area contributed by atoms with E-state index in [1.54, 1.807) is 30.3 Å². The fourth-order valence-corrected chi connectivity index (χ4v) is 2.03. The Morgan fingerprint density at radius 3 is 2.65 bits per heavy atom. The average molecular weight is 350 g/mol. The molecule has 23 heavy (non-hydrogen) atoms. The highest BCUT2D eigenvalue weighted by molar-refractivity contribution is 6.31. The lowest BCUT2D eigenvalue weighted by Gasteiger charge is -2.01. The summed E-state index contributed by atoms with van der Waals surface area (Å²) >= 11 is 11.6. The molecule has 6 nitrogen and oxygen atoms in total. The Labute approximate surface area is 141 Å². The molecule has 0 N–H and O–H groups in total. The van der Waals surface area contributed by atoms with Crippen LogP contribution in [-0.4, -0.2) is 21.1 Å². The van der Waals surface area contributed by atoms with Gasteiger partial charge in [0.15, 0.2) is 6.61 Å². The van der Waals surface area contributed by atoms with E-state index in [-0.39, 0.29) is 18.2 Å². The Balaban J connectivity index is 1.65. The third kappa shape index (κ3) is 3.85. The molecular weight excluding hydrogens is 341 g/mol. The molecule has 0 saturated carbocycles. The Hall–Kier alpha value is -2.44. The van der Waals surface area contributed by atoms with E-state index in [1.807, 2.05) is 0 Å². The zero-order valence-corrected chi connectivity index (χ0v) is 13.1. The van der Waals surface area contributed by atoms with Crippen molar-refractivity contribution in [1.82, 2.24) is 15.1 Å². The minimum absolute atomic E-state index is 0.106. The summed E-state index contributed by atoms with van der Waals surface area (Å²) in [7, 11) is 0. The number of carbonyl (C=O) groups excluding carboxylic acids is 1. The van der Waals surface area contributed by atoms with Gasteiger partial charge in [-0.1, -0.05) is 28.4 Å². The first-order valence-corrected chi connectivity index (χ1v) is 7.24. The zero-order valence-electron chi connectivity index (χ0n) is 11.6. The summed E-state index contributed by atoms with van der Waals surface area (Å²) in [5, 5.41) is 4.83. The molecule has 3 rings (SSSR count). The second-order valence-corrected chi connectivity index (χ2v) is 5.33.